The molecule has 2 aromatic heterocycles. The summed E-state index contributed by atoms with van der Waals surface area (Å²) in [7, 11) is 0. The summed E-state index contributed by atoms with van der Waals surface area (Å²) >= 11 is 1.50. The highest BCUT2D eigenvalue weighted by Gasteiger charge is 2.18. The van der Waals surface area contributed by atoms with E-state index < -0.39 is 10.9 Å². The Morgan fingerprint density at radius 2 is 2.24 bits per heavy atom. The van der Waals surface area contributed by atoms with Crippen molar-refractivity contribution in [3.8, 4) is 0 Å². The molecule has 0 amide bonds. The van der Waals surface area contributed by atoms with Crippen LogP contribution in [-0.2, 0) is 6.42 Å². The number of aromatic carboxylic acids is 1. The molecule has 21 heavy (non-hydrogen) atoms. The fourth-order valence-electron chi connectivity index (χ4n) is 1.65. The van der Waals surface area contributed by atoms with Gasteiger partial charge in [0.15, 0.2) is 5.69 Å². The quantitative estimate of drug-likeness (QED) is 0.619. The van der Waals surface area contributed by atoms with E-state index in [1.54, 1.807) is 0 Å². The molecule has 0 saturated heterocycles. The molecule has 2 rings (SSSR count). The molecule has 2 heterocycles. The fourth-order valence-corrected chi connectivity index (χ4v) is 2.43. The first kappa shape index (κ1) is 14.9. The molecule has 0 aliphatic carbocycles. The van der Waals surface area contributed by atoms with Gasteiger partial charge in [-0.05, 0) is 13.0 Å². The number of nitrogens with zero attached hydrogens (tertiary/aromatic N) is 3. The number of anilines is 1. The van der Waals surface area contributed by atoms with Gasteiger partial charge < -0.3 is 10.4 Å². The predicted octanol–water partition coefficient (Wildman–Crippen LogP) is 2.11. The summed E-state index contributed by atoms with van der Waals surface area (Å²) in [6.07, 6.45) is 0.578. The van der Waals surface area contributed by atoms with Crippen LogP contribution < -0.4 is 5.32 Å². The number of nitro groups is 1. The average Bonchev–Trinajstić information content (AvgIpc) is 2.84. The van der Waals surface area contributed by atoms with Crippen LogP contribution in [0.3, 0.4) is 0 Å². The van der Waals surface area contributed by atoms with E-state index in [9.17, 15) is 14.9 Å². The van der Waals surface area contributed by atoms with Gasteiger partial charge in [0, 0.05) is 30.1 Å². The van der Waals surface area contributed by atoms with Crippen molar-refractivity contribution >= 4 is 28.8 Å². The molecule has 0 fully saturated rings. The normalized spacial score (nSPS) is 10.3. The minimum Gasteiger partial charge on any atom is -0.477 e. The maximum Gasteiger partial charge on any atom is 0.354 e. The zero-order valence-corrected chi connectivity index (χ0v) is 11.9. The lowest BCUT2D eigenvalue weighted by molar-refractivity contribution is -0.384. The largest absolute Gasteiger partial charge is 0.477 e. The predicted molar refractivity (Wildman–Crippen MR) is 76.9 cm³/mol. The van der Waals surface area contributed by atoms with Gasteiger partial charge in [0.2, 0.25) is 5.82 Å². The Labute approximate surface area is 123 Å². The molecule has 0 spiro atoms. The summed E-state index contributed by atoms with van der Waals surface area (Å²) in [5, 5.41) is 25.4. The van der Waals surface area contributed by atoms with Crippen molar-refractivity contribution < 1.29 is 14.8 Å². The van der Waals surface area contributed by atoms with E-state index in [2.05, 4.69) is 15.3 Å². The summed E-state index contributed by atoms with van der Waals surface area (Å²) in [5.74, 6) is -1.28. The van der Waals surface area contributed by atoms with E-state index in [1.165, 1.54) is 11.3 Å². The number of nitrogens with one attached hydrogen (secondary N) is 1. The summed E-state index contributed by atoms with van der Waals surface area (Å²) in [5.41, 5.74) is 0.426. The number of carboxylic acid groups (broad SMARTS) is 1. The second kappa shape index (κ2) is 6.27. The third-order valence-electron chi connectivity index (χ3n) is 2.59. The molecule has 0 aliphatic rings. The highest BCUT2D eigenvalue weighted by molar-refractivity contribution is 7.09. The molecule has 0 saturated carbocycles. The van der Waals surface area contributed by atoms with Gasteiger partial charge in [-0.3, -0.25) is 10.1 Å². The molecule has 8 nitrogen and oxygen atoms in total. The Bertz CT molecular complexity index is 686. The smallest absolute Gasteiger partial charge is 0.354 e. The molecule has 0 aliphatic heterocycles. The van der Waals surface area contributed by atoms with Gasteiger partial charge in [-0.2, -0.15) is 0 Å². The summed E-state index contributed by atoms with van der Waals surface area (Å²) in [4.78, 5) is 29.2. The molecule has 9 heteroatoms. The van der Waals surface area contributed by atoms with Gasteiger partial charge >= 0.3 is 11.7 Å². The number of aryl methyl sites for hydroxylation is 1. The number of hydrogen-bond donors (Lipinski definition) is 2. The average molecular weight is 308 g/mol. The molecule has 0 aromatic carbocycles. The zero-order chi connectivity index (χ0) is 15.4. The maximum atomic E-state index is 10.9. The first-order valence-corrected chi connectivity index (χ1v) is 6.89. The molecule has 2 N–H and O–H groups in total. The number of thiazole rings is 1. The van der Waals surface area contributed by atoms with Crippen molar-refractivity contribution in [2.24, 2.45) is 0 Å². The number of carbonyl (C=O) groups is 1. The summed E-state index contributed by atoms with van der Waals surface area (Å²) in [6, 6.07) is 2.24. The Kier molecular flexibility index (Phi) is 4.43. The molecule has 110 valence electrons. The minimum absolute atomic E-state index is 0.0480. The van der Waals surface area contributed by atoms with Crippen molar-refractivity contribution in [3.05, 3.63) is 44.0 Å². The number of carboxylic acids is 1. The first-order valence-electron chi connectivity index (χ1n) is 6.01. The second-order valence-electron chi connectivity index (χ2n) is 4.19. The van der Waals surface area contributed by atoms with Gasteiger partial charge in [0.05, 0.1) is 9.93 Å². The Morgan fingerprint density at radius 1 is 1.48 bits per heavy atom. The van der Waals surface area contributed by atoms with Crippen LogP contribution in [0.4, 0.5) is 11.5 Å². The molecule has 0 unspecified atom stereocenters. The maximum absolute atomic E-state index is 10.9. The number of hydrogen-bond acceptors (Lipinski definition) is 7. The number of aromatic nitrogens is 2. The second-order valence-corrected chi connectivity index (χ2v) is 5.13. The SMILES string of the molecule is Cc1csc(CCNc2nc(C(=O)O)ccc2[N+](=O)[O-])n1. The van der Waals surface area contributed by atoms with Crippen LogP contribution in [0.25, 0.3) is 0 Å². The van der Waals surface area contributed by atoms with Crippen LogP contribution in [0.5, 0.6) is 0 Å². The van der Waals surface area contributed by atoms with E-state index in [4.69, 9.17) is 5.11 Å². The van der Waals surface area contributed by atoms with E-state index >= 15 is 0 Å². The lowest BCUT2D eigenvalue weighted by Gasteiger charge is -2.06. The van der Waals surface area contributed by atoms with Crippen LogP contribution in [-0.4, -0.2) is 32.5 Å². The Hall–Kier alpha value is -2.55. The van der Waals surface area contributed by atoms with Gasteiger partial charge in [-0.15, -0.1) is 11.3 Å². The fraction of sp³-hybridized carbons (Fsp3) is 0.250. The van der Waals surface area contributed by atoms with Gasteiger partial charge in [0.1, 0.15) is 0 Å². The van der Waals surface area contributed by atoms with Crippen LogP contribution >= 0.6 is 11.3 Å². The third kappa shape index (κ3) is 3.72. The molecular weight excluding hydrogens is 296 g/mol. The van der Waals surface area contributed by atoms with E-state index in [-0.39, 0.29) is 17.2 Å². The van der Waals surface area contributed by atoms with E-state index in [0.29, 0.717) is 13.0 Å². The van der Waals surface area contributed by atoms with Crippen molar-refractivity contribution in [1.82, 2.24) is 9.97 Å². The number of rotatable bonds is 6. The highest BCUT2D eigenvalue weighted by Crippen LogP contribution is 2.22. The van der Waals surface area contributed by atoms with Crippen LogP contribution in [0.2, 0.25) is 0 Å². The van der Waals surface area contributed by atoms with E-state index in [1.807, 2.05) is 12.3 Å². The van der Waals surface area contributed by atoms with Gasteiger partial charge in [0.25, 0.3) is 0 Å². The van der Waals surface area contributed by atoms with Crippen molar-refractivity contribution in [2.45, 2.75) is 13.3 Å². The van der Waals surface area contributed by atoms with Crippen molar-refractivity contribution in [2.75, 3.05) is 11.9 Å². The lowest BCUT2D eigenvalue weighted by atomic mass is 10.3. The lowest BCUT2D eigenvalue weighted by Crippen LogP contribution is -2.11. The van der Waals surface area contributed by atoms with Gasteiger partial charge in [-0.25, -0.2) is 14.8 Å². The molecule has 2 aromatic rings. The summed E-state index contributed by atoms with van der Waals surface area (Å²) in [6.45, 7) is 2.26. The molecular formula is C12H12N4O4S. The Balaban J connectivity index is 2.11. The molecule has 0 atom stereocenters. The number of pyridine rings is 1. The highest BCUT2D eigenvalue weighted by atomic mass is 32.1. The first-order chi connectivity index (χ1) is 9.97. The van der Waals surface area contributed by atoms with Crippen LogP contribution in [0.15, 0.2) is 17.5 Å². The monoisotopic (exact) mass is 308 g/mol. The molecule has 0 bridgehead atoms. The molecule has 0 radical (unpaired) electrons. The van der Waals surface area contributed by atoms with Gasteiger partial charge in [-0.1, -0.05) is 0 Å². The van der Waals surface area contributed by atoms with Crippen LogP contribution in [0.1, 0.15) is 21.2 Å². The van der Waals surface area contributed by atoms with Crippen molar-refractivity contribution in [3.63, 3.8) is 0 Å². The van der Waals surface area contributed by atoms with Crippen LogP contribution in [0, 0.1) is 17.0 Å². The third-order valence-corrected chi connectivity index (χ3v) is 3.61. The van der Waals surface area contributed by atoms with E-state index in [0.717, 1.165) is 22.8 Å². The zero-order valence-electron chi connectivity index (χ0n) is 11.1. The topological polar surface area (TPSA) is 118 Å². The Morgan fingerprint density at radius 3 is 2.81 bits per heavy atom. The van der Waals surface area contributed by atoms with Crippen molar-refractivity contribution in [1.29, 1.82) is 0 Å². The summed E-state index contributed by atoms with van der Waals surface area (Å²) < 4.78 is 0. The minimum atomic E-state index is -1.23. The standard InChI is InChI=1S/C12H12N4O4S/c1-7-6-21-10(14-7)4-5-13-11-9(16(19)20)3-2-8(15-11)12(17)18/h2-3,6H,4-5H2,1H3,(H,13,15)(H,17,18).